The standard InChI is InChI=1S/C26H28N8O4S/c1-2-19(35)30-15-5-3-6-16(15)31-24(36)23-22-21-17(10-12-27-25(21)39-23)34(26(37)32-22)18-9-8-14(13-28-18)38-20-7-4-11-29-33-20/h2,4,7-9,11,13,15-17,21,25,27H,1,3,5-6,10,12H2,(H,30,35)(H,31,36)(H,32,37)/t15-,16+,17?,21?,25?/m0/s1. The first-order chi connectivity index (χ1) is 19.0. The van der Waals surface area contributed by atoms with E-state index < -0.39 is 0 Å². The number of nitrogens with zero attached hydrogens (tertiary/aromatic N) is 4. The summed E-state index contributed by atoms with van der Waals surface area (Å²) in [6.45, 7) is 4.21. The molecule has 1 saturated carbocycles. The first-order valence-corrected chi connectivity index (χ1v) is 13.8. The summed E-state index contributed by atoms with van der Waals surface area (Å²) in [5.41, 5.74) is 0.647. The number of aromatic nitrogens is 3. The van der Waals surface area contributed by atoms with Gasteiger partial charge in [0.05, 0.1) is 22.5 Å². The van der Waals surface area contributed by atoms with Gasteiger partial charge in [-0.25, -0.2) is 9.78 Å². The molecule has 4 amide bonds. The van der Waals surface area contributed by atoms with Crippen molar-refractivity contribution < 1.29 is 19.1 Å². The molecule has 6 rings (SSSR count). The van der Waals surface area contributed by atoms with E-state index >= 15 is 0 Å². The monoisotopic (exact) mass is 548 g/mol. The number of piperidine rings is 1. The van der Waals surface area contributed by atoms with E-state index in [0.717, 1.165) is 19.3 Å². The maximum absolute atomic E-state index is 13.4. The number of pyridine rings is 1. The third-order valence-electron chi connectivity index (χ3n) is 7.43. The zero-order chi connectivity index (χ0) is 26.9. The molecule has 2 aromatic heterocycles. The Labute approximate surface area is 229 Å². The highest BCUT2D eigenvalue weighted by atomic mass is 32.2. The van der Waals surface area contributed by atoms with Crippen LogP contribution in [0.4, 0.5) is 10.6 Å². The molecule has 5 atom stereocenters. The first kappa shape index (κ1) is 25.3. The molecule has 39 heavy (non-hydrogen) atoms. The molecule has 0 aromatic carbocycles. The summed E-state index contributed by atoms with van der Waals surface area (Å²) < 4.78 is 5.68. The summed E-state index contributed by atoms with van der Waals surface area (Å²) >= 11 is 1.44. The highest BCUT2D eigenvalue weighted by Crippen LogP contribution is 2.47. The van der Waals surface area contributed by atoms with Crippen LogP contribution in [-0.2, 0) is 9.59 Å². The van der Waals surface area contributed by atoms with Crippen molar-refractivity contribution in [3.8, 4) is 11.6 Å². The van der Waals surface area contributed by atoms with E-state index in [1.54, 1.807) is 41.6 Å². The second kappa shape index (κ2) is 10.7. The summed E-state index contributed by atoms with van der Waals surface area (Å²) in [5, 5.41) is 20.1. The molecule has 3 unspecified atom stereocenters. The fourth-order valence-corrected chi connectivity index (χ4v) is 7.11. The number of thioether (sulfide) groups is 1. The molecule has 202 valence electrons. The lowest BCUT2D eigenvalue weighted by molar-refractivity contribution is -0.119. The summed E-state index contributed by atoms with van der Waals surface area (Å²) in [6, 6.07) is 6.08. The molecule has 12 nitrogen and oxygen atoms in total. The van der Waals surface area contributed by atoms with Gasteiger partial charge >= 0.3 is 6.03 Å². The summed E-state index contributed by atoms with van der Waals surface area (Å²) in [4.78, 5) is 45.4. The van der Waals surface area contributed by atoms with Crippen LogP contribution in [0.15, 0.2) is 59.9 Å². The Morgan fingerprint density at radius 1 is 1.18 bits per heavy atom. The van der Waals surface area contributed by atoms with E-state index in [9.17, 15) is 14.4 Å². The van der Waals surface area contributed by atoms with Crippen LogP contribution in [-0.4, -0.2) is 63.1 Å². The van der Waals surface area contributed by atoms with E-state index in [2.05, 4.69) is 43.0 Å². The molecule has 3 aliphatic heterocycles. The first-order valence-electron chi connectivity index (χ1n) is 12.9. The smallest absolute Gasteiger partial charge is 0.327 e. The molecule has 4 aliphatic rings. The van der Waals surface area contributed by atoms with Crippen LogP contribution in [0.2, 0.25) is 0 Å². The molecule has 2 aromatic rings. The van der Waals surface area contributed by atoms with Crippen LogP contribution in [0.1, 0.15) is 25.7 Å². The number of hydrogen-bond acceptors (Lipinski definition) is 9. The third kappa shape index (κ3) is 4.94. The second-order valence-corrected chi connectivity index (χ2v) is 10.9. The Balaban J connectivity index is 1.20. The average molecular weight is 549 g/mol. The van der Waals surface area contributed by atoms with Gasteiger partial charge in [0.1, 0.15) is 11.6 Å². The fraction of sp³-hybridized carbons (Fsp3) is 0.385. The van der Waals surface area contributed by atoms with Crippen molar-refractivity contribution in [1.29, 1.82) is 0 Å². The Kier molecular flexibility index (Phi) is 6.92. The number of rotatable bonds is 7. The van der Waals surface area contributed by atoms with Gasteiger partial charge in [0.2, 0.25) is 11.8 Å². The van der Waals surface area contributed by atoms with E-state index in [-0.39, 0.29) is 47.3 Å². The number of urea groups is 1. The van der Waals surface area contributed by atoms with Gasteiger partial charge in [-0.3, -0.25) is 14.5 Å². The SMILES string of the molecule is C=CC(=O)N[C@H]1CCC[C@H]1NC(=O)C1=C2NC(=O)N(c3ccc(Oc4cccnn4)cn3)C3CCNC(S1)C23. The lowest BCUT2D eigenvalue weighted by Crippen LogP contribution is -2.62. The van der Waals surface area contributed by atoms with Crippen LogP contribution in [0.3, 0.4) is 0 Å². The van der Waals surface area contributed by atoms with Gasteiger partial charge < -0.3 is 26.0 Å². The summed E-state index contributed by atoms with van der Waals surface area (Å²) in [5.74, 6) is 0.743. The molecule has 0 radical (unpaired) electrons. The predicted molar refractivity (Wildman–Crippen MR) is 144 cm³/mol. The topological polar surface area (TPSA) is 150 Å². The predicted octanol–water partition coefficient (Wildman–Crippen LogP) is 1.80. The molecule has 3 fully saturated rings. The van der Waals surface area contributed by atoms with Crippen LogP contribution < -0.4 is 30.9 Å². The van der Waals surface area contributed by atoms with E-state index in [4.69, 9.17) is 4.74 Å². The van der Waals surface area contributed by atoms with Crippen molar-refractivity contribution in [2.75, 3.05) is 11.4 Å². The fourth-order valence-electron chi connectivity index (χ4n) is 5.71. The van der Waals surface area contributed by atoms with Crippen molar-refractivity contribution in [2.24, 2.45) is 5.92 Å². The molecule has 2 saturated heterocycles. The summed E-state index contributed by atoms with van der Waals surface area (Å²) in [7, 11) is 0. The summed E-state index contributed by atoms with van der Waals surface area (Å²) in [6.07, 6.45) is 7.53. The van der Waals surface area contributed by atoms with Gasteiger partial charge in [0, 0.05) is 36.0 Å². The van der Waals surface area contributed by atoms with Gasteiger partial charge in [0.15, 0.2) is 0 Å². The minimum absolute atomic E-state index is 0.0540. The van der Waals surface area contributed by atoms with Gasteiger partial charge in [-0.1, -0.05) is 18.3 Å². The average Bonchev–Trinajstić information content (AvgIpc) is 3.54. The number of hydrogen-bond donors (Lipinski definition) is 4. The van der Waals surface area contributed by atoms with Crippen LogP contribution >= 0.6 is 11.8 Å². The molecular weight excluding hydrogens is 520 g/mol. The van der Waals surface area contributed by atoms with Crippen LogP contribution in [0.5, 0.6) is 11.6 Å². The third-order valence-corrected chi connectivity index (χ3v) is 8.79. The van der Waals surface area contributed by atoms with E-state index in [1.807, 2.05) is 0 Å². The molecule has 13 heteroatoms. The lowest BCUT2D eigenvalue weighted by Gasteiger charge is -2.45. The molecule has 4 N–H and O–H groups in total. The minimum atomic E-state index is -0.327. The number of nitrogens with one attached hydrogen (secondary N) is 4. The molecular formula is C26H28N8O4S. The number of carbonyl (C=O) groups is 3. The molecule has 5 heterocycles. The maximum atomic E-state index is 13.4. The molecule has 0 spiro atoms. The Bertz CT molecular complexity index is 1320. The molecule has 1 aliphatic carbocycles. The Morgan fingerprint density at radius 2 is 2.03 bits per heavy atom. The molecule has 0 bridgehead atoms. The number of carbonyl (C=O) groups excluding carboxylic acids is 3. The second-order valence-electron chi connectivity index (χ2n) is 9.76. The van der Waals surface area contributed by atoms with E-state index in [0.29, 0.717) is 41.0 Å². The highest BCUT2D eigenvalue weighted by molar-refractivity contribution is 8.04. The number of amides is 4. The minimum Gasteiger partial charge on any atom is -0.436 e. The quantitative estimate of drug-likeness (QED) is 0.380. The maximum Gasteiger partial charge on any atom is 0.327 e. The van der Waals surface area contributed by atoms with Crippen LogP contribution in [0.25, 0.3) is 0 Å². The van der Waals surface area contributed by atoms with Crippen molar-refractivity contribution in [3.05, 3.63) is 59.9 Å². The normalized spacial score (nSPS) is 27.4. The van der Waals surface area contributed by atoms with Crippen LogP contribution in [0, 0.1) is 5.92 Å². The van der Waals surface area contributed by atoms with Crippen molar-refractivity contribution in [3.63, 3.8) is 0 Å². The van der Waals surface area contributed by atoms with Gasteiger partial charge in [-0.2, -0.15) is 5.10 Å². The zero-order valence-electron chi connectivity index (χ0n) is 21.0. The van der Waals surface area contributed by atoms with Crippen molar-refractivity contribution >= 4 is 35.4 Å². The van der Waals surface area contributed by atoms with Gasteiger partial charge in [0.25, 0.3) is 5.91 Å². The van der Waals surface area contributed by atoms with Crippen molar-refractivity contribution in [1.82, 2.24) is 36.4 Å². The Hall–Kier alpha value is -3.97. The highest BCUT2D eigenvalue weighted by Gasteiger charge is 2.52. The lowest BCUT2D eigenvalue weighted by atomic mass is 9.86. The van der Waals surface area contributed by atoms with Gasteiger partial charge in [-0.05, 0) is 56.5 Å². The van der Waals surface area contributed by atoms with Gasteiger partial charge in [-0.15, -0.1) is 5.10 Å². The zero-order valence-corrected chi connectivity index (χ0v) is 21.8. The number of ether oxygens (including phenoxy) is 1. The Morgan fingerprint density at radius 3 is 2.77 bits per heavy atom. The largest absolute Gasteiger partial charge is 0.436 e. The van der Waals surface area contributed by atoms with E-state index in [1.165, 1.54) is 17.8 Å². The van der Waals surface area contributed by atoms with Crippen molar-refractivity contribution in [2.45, 2.75) is 49.2 Å². The number of anilines is 1.